The van der Waals surface area contributed by atoms with Crippen molar-refractivity contribution in [1.29, 1.82) is 0 Å². The minimum Gasteiger partial charge on any atom is -0.278 e. The van der Waals surface area contributed by atoms with E-state index in [2.05, 4.69) is 9.97 Å². The van der Waals surface area contributed by atoms with E-state index < -0.39 is 0 Å². The van der Waals surface area contributed by atoms with E-state index in [0.717, 1.165) is 11.1 Å². The zero-order valence-corrected chi connectivity index (χ0v) is 12.8. The molecule has 0 saturated carbocycles. The summed E-state index contributed by atoms with van der Waals surface area (Å²) in [6, 6.07) is 6.33. The van der Waals surface area contributed by atoms with E-state index in [-0.39, 0.29) is 5.82 Å². The number of hydrogen-bond donors (Lipinski definition) is 0. The Kier molecular flexibility index (Phi) is 3.83. The van der Waals surface area contributed by atoms with Crippen molar-refractivity contribution < 1.29 is 4.39 Å². The number of nitrogens with zero attached hydrogens (tertiary/aromatic N) is 3. The number of fused-ring (bicyclic) bond motifs is 1. The number of aryl methyl sites for hydroxylation is 2. The Morgan fingerprint density at radius 2 is 2.10 bits per heavy atom. The van der Waals surface area contributed by atoms with Crippen LogP contribution in [0.1, 0.15) is 11.4 Å². The van der Waals surface area contributed by atoms with Gasteiger partial charge in [-0.1, -0.05) is 11.6 Å². The first kappa shape index (κ1) is 14.3. The van der Waals surface area contributed by atoms with Gasteiger partial charge in [-0.25, -0.2) is 14.4 Å². The monoisotopic (exact) mass is 323 g/mol. The zero-order chi connectivity index (χ0) is 15.0. The first-order valence-corrected chi connectivity index (χ1v) is 7.37. The normalized spacial score (nSPS) is 11.2. The van der Waals surface area contributed by atoms with Crippen LogP contribution in [0.3, 0.4) is 0 Å². The van der Waals surface area contributed by atoms with Crippen LogP contribution in [0.4, 0.5) is 4.39 Å². The Bertz CT molecular complexity index is 814. The Morgan fingerprint density at radius 1 is 1.29 bits per heavy atom. The van der Waals surface area contributed by atoms with Gasteiger partial charge in [-0.3, -0.25) is 4.57 Å². The van der Waals surface area contributed by atoms with E-state index in [9.17, 15) is 4.39 Å². The molecule has 0 N–H and O–H groups in total. The third-order valence-electron chi connectivity index (χ3n) is 3.17. The molecular weight excluding hydrogens is 312 g/mol. The van der Waals surface area contributed by atoms with Crippen molar-refractivity contribution in [3.05, 3.63) is 52.7 Å². The Hall–Kier alpha value is -1.65. The van der Waals surface area contributed by atoms with E-state index in [1.807, 2.05) is 13.0 Å². The minimum atomic E-state index is -0.378. The number of halogens is 3. The van der Waals surface area contributed by atoms with Crippen LogP contribution in [-0.2, 0) is 6.42 Å². The molecule has 1 aromatic carbocycles. The lowest BCUT2D eigenvalue weighted by atomic mass is 10.2. The van der Waals surface area contributed by atoms with Gasteiger partial charge in [0.15, 0.2) is 5.65 Å². The second-order valence-corrected chi connectivity index (χ2v) is 5.57. The molecule has 2 heterocycles. The average Bonchev–Trinajstić information content (AvgIpc) is 2.79. The molecule has 6 heteroatoms. The number of imidazole rings is 1. The van der Waals surface area contributed by atoms with E-state index >= 15 is 0 Å². The summed E-state index contributed by atoms with van der Waals surface area (Å²) in [7, 11) is 0. The van der Waals surface area contributed by atoms with Crippen molar-refractivity contribution in [2.75, 3.05) is 5.88 Å². The molecule has 0 aliphatic heterocycles. The van der Waals surface area contributed by atoms with Crippen LogP contribution in [0.15, 0.2) is 30.5 Å². The molecule has 3 aromatic rings. The third kappa shape index (κ3) is 2.61. The number of benzene rings is 1. The smallest absolute Gasteiger partial charge is 0.164 e. The summed E-state index contributed by atoms with van der Waals surface area (Å²) >= 11 is 11.8. The van der Waals surface area contributed by atoms with Gasteiger partial charge in [0.25, 0.3) is 0 Å². The molecule has 0 fully saturated rings. The van der Waals surface area contributed by atoms with Gasteiger partial charge in [0.1, 0.15) is 17.2 Å². The maximum Gasteiger partial charge on any atom is 0.164 e. The van der Waals surface area contributed by atoms with Gasteiger partial charge in [0.2, 0.25) is 0 Å². The van der Waals surface area contributed by atoms with E-state index in [1.54, 1.807) is 16.8 Å². The molecule has 3 nitrogen and oxygen atoms in total. The highest BCUT2D eigenvalue weighted by Gasteiger charge is 2.16. The van der Waals surface area contributed by atoms with Gasteiger partial charge in [0.05, 0.1) is 5.69 Å². The largest absolute Gasteiger partial charge is 0.278 e. The number of aromatic nitrogens is 3. The number of hydrogen-bond acceptors (Lipinski definition) is 2. The Morgan fingerprint density at radius 3 is 2.86 bits per heavy atom. The summed E-state index contributed by atoms with van der Waals surface area (Å²) in [6.07, 6.45) is 2.25. The van der Waals surface area contributed by atoms with Crippen LogP contribution >= 0.6 is 23.2 Å². The second-order valence-electron chi connectivity index (χ2n) is 4.75. The van der Waals surface area contributed by atoms with Crippen molar-refractivity contribution in [3.63, 3.8) is 0 Å². The molecular formula is C15H12Cl2FN3. The van der Waals surface area contributed by atoms with Gasteiger partial charge in [0, 0.05) is 23.5 Å². The molecule has 0 radical (unpaired) electrons. The van der Waals surface area contributed by atoms with Gasteiger partial charge < -0.3 is 0 Å². The van der Waals surface area contributed by atoms with Crippen LogP contribution in [0.5, 0.6) is 0 Å². The zero-order valence-electron chi connectivity index (χ0n) is 11.3. The van der Waals surface area contributed by atoms with Crippen molar-refractivity contribution in [2.45, 2.75) is 13.3 Å². The quantitative estimate of drug-likeness (QED) is 0.673. The average molecular weight is 324 g/mol. The summed E-state index contributed by atoms with van der Waals surface area (Å²) in [5, 5.41) is 0.456. The molecule has 0 aliphatic rings. The molecule has 0 unspecified atom stereocenters. The summed E-state index contributed by atoms with van der Waals surface area (Å²) < 4.78 is 15.9. The number of pyridine rings is 1. The topological polar surface area (TPSA) is 30.7 Å². The number of rotatable bonds is 3. The summed E-state index contributed by atoms with van der Waals surface area (Å²) in [6.45, 7) is 1.94. The molecule has 3 rings (SSSR count). The highest BCUT2D eigenvalue weighted by molar-refractivity contribution is 6.30. The van der Waals surface area contributed by atoms with Crippen LogP contribution in [0.2, 0.25) is 5.02 Å². The van der Waals surface area contributed by atoms with Crippen molar-refractivity contribution in [3.8, 4) is 5.69 Å². The van der Waals surface area contributed by atoms with Crippen LogP contribution in [-0.4, -0.2) is 20.4 Å². The lowest BCUT2D eigenvalue weighted by molar-refractivity contribution is 0.616. The first-order chi connectivity index (χ1) is 10.1. The van der Waals surface area contributed by atoms with E-state index in [0.29, 0.717) is 34.5 Å². The lowest BCUT2D eigenvalue weighted by Gasteiger charge is -2.09. The summed E-state index contributed by atoms with van der Waals surface area (Å²) in [5.41, 5.74) is 2.65. The van der Waals surface area contributed by atoms with Crippen molar-refractivity contribution >= 4 is 34.4 Å². The SMILES string of the molecule is Cc1cnc2c(c1)nc(CCCl)n2-c1cc(Cl)ccc1F. The van der Waals surface area contributed by atoms with Crippen molar-refractivity contribution in [1.82, 2.24) is 14.5 Å². The van der Waals surface area contributed by atoms with Gasteiger partial charge in [-0.05, 0) is 36.8 Å². The minimum absolute atomic E-state index is 0.335. The second kappa shape index (κ2) is 5.62. The maximum absolute atomic E-state index is 14.2. The third-order valence-corrected chi connectivity index (χ3v) is 3.59. The molecule has 0 aliphatic carbocycles. The van der Waals surface area contributed by atoms with Crippen molar-refractivity contribution in [2.24, 2.45) is 0 Å². The van der Waals surface area contributed by atoms with Crippen LogP contribution in [0, 0.1) is 12.7 Å². The standard InChI is InChI=1S/C15H12Cl2FN3/c1-9-6-12-15(19-8-9)21(14(20-12)4-5-16)13-7-10(17)2-3-11(13)18/h2-3,6-8H,4-5H2,1H3. The fourth-order valence-electron chi connectivity index (χ4n) is 2.27. The predicted molar refractivity (Wildman–Crippen MR) is 83.0 cm³/mol. The highest BCUT2D eigenvalue weighted by atomic mass is 35.5. The molecule has 0 atom stereocenters. The van der Waals surface area contributed by atoms with Gasteiger partial charge in [-0.15, -0.1) is 11.6 Å². The summed E-state index contributed by atoms with van der Waals surface area (Å²) in [4.78, 5) is 8.90. The molecule has 21 heavy (non-hydrogen) atoms. The highest BCUT2D eigenvalue weighted by Crippen LogP contribution is 2.25. The van der Waals surface area contributed by atoms with E-state index in [4.69, 9.17) is 23.2 Å². The molecule has 0 amide bonds. The molecule has 2 aromatic heterocycles. The summed E-state index contributed by atoms with van der Waals surface area (Å²) in [5.74, 6) is 0.681. The lowest BCUT2D eigenvalue weighted by Crippen LogP contribution is -2.05. The Labute approximate surface area is 131 Å². The van der Waals surface area contributed by atoms with Gasteiger partial charge >= 0.3 is 0 Å². The fraction of sp³-hybridized carbons (Fsp3) is 0.200. The molecule has 0 spiro atoms. The molecule has 108 valence electrons. The van der Waals surface area contributed by atoms with Crippen LogP contribution < -0.4 is 0 Å². The fourth-order valence-corrected chi connectivity index (χ4v) is 2.61. The predicted octanol–water partition coefficient (Wildman–Crippen LogP) is 4.30. The molecule has 0 bridgehead atoms. The van der Waals surface area contributed by atoms with Gasteiger partial charge in [-0.2, -0.15) is 0 Å². The Balaban J connectivity index is 2.33. The van der Waals surface area contributed by atoms with Crippen LogP contribution in [0.25, 0.3) is 16.9 Å². The molecule has 0 saturated heterocycles. The first-order valence-electron chi connectivity index (χ1n) is 6.45. The number of alkyl halides is 1. The maximum atomic E-state index is 14.2. The van der Waals surface area contributed by atoms with E-state index in [1.165, 1.54) is 12.1 Å².